The molecule has 6 nitrogen and oxygen atoms in total. The average Bonchev–Trinajstić information content (AvgIpc) is 2.87. The molecule has 0 saturated carbocycles. The molecule has 1 aliphatic rings. The Balaban J connectivity index is 1.91. The molecule has 1 saturated heterocycles. The van der Waals surface area contributed by atoms with Crippen LogP contribution in [0.2, 0.25) is 0 Å². The number of halogens is 1. The van der Waals surface area contributed by atoms with Crippen LogP contribution < -0.4 is 15.4 Å². The summed E-state index contributed by atoms with van der Waals surface area (Å²) in [7, 11) is 0. The fourth-order valence-electron chi connectivity index (χ4n) is 1.78. The van der Waals surface area contributed by atoms with Crippen molar-refractivity contribution in [2.45, 2.75) is 12.5 Å². The Labute approximate surface area is 110 Å². The molecule has 2 heterocycles. The van der Waals surface area contributed by atoms with Crippen molar-refractivity contribution in [2.75, 3.05) is 31.1 Å². The van der Waals surface area contributed by atoms with Crippen LogP contribution in [0.5, 0.6) is 5.75 Å². The van der Waals surface area contributed by atoms with Crippen LogP contribution in [0.25, 0.3) is 0 Å². The number of nitrogens with two attached hydrogens (primary N) is 1. The Bertz CT molecular complexity index is 438. The van der Waals surface area contributed by atoms with Crippen LogP contribution in [0.3, 0.4) is 0 Å². The van der Waals surface area contributed by atoms with E-state index in [9.17, 15) is 9.50 Å². The number of aromatic nitrogens is 2. The summed E-state index contributed by atoms with van der Waals surface area (Å²) in [5.74, 6) is 1.01. The molecule has 0 amide bonds. The molecule has 0 bridgehead atoms. The fourth-order valence-corrected chi connectivity index (χ4v) is 1.78. The number of β-amino-alcohol motifs (C(OH)–C–C–N with tert-alkyl or cyclic N) is 1. The van der Waals surface area contributed by atoms with Crippen molar-refractivity contribution in [3.63, 3.8) is 0 Å². The molecular weight excluding hydrogens is 251 g/mol. The van der Waals surface area contributed by atoms with Gasteiger partial charge in [0.05, 0.1) is 24.8 Å². The van der Waals surface area contributed by atoms with E-state index in [4.69, 9.17) is 10.5 Å². The van der Waals surface area contributed by atoms with Crippen molar-refractivity contribution in [1.29, 1.82) is 0 Å². The van der Waals surface area contributed by atoms with E-state index in [0.29, 0.717) is 30.1 Å². The quantitative estimate of drug-likeness (QED) is 0.795. The van der Waals surface area contributed by atoms with Gasteiger partial charge in [-0.1, -0.05) is 0 Å². The molecule has 7 heteroatoms. The molecular formula is C12H17FN4O2. The molecule has 1 fully saturated rings. The lowest BCUT2D eigenvalue weighted by Crippen LogP contribution is -2.23. The first-order chi connectivity index (χ1) is 9.22. The summed E-state index contributed by atoms with van der Waals surface area (Å²) in [5, 5.41) is 9.44. The number of anilines is 1. The Morgan fingerprint density at radius 2 is 2.32 bits per heavy atom. The molecule has 0 unspecified atom stereocenters. The van der Waals surface area contributed by atoms with E-state index in [1.165, 1.54) is 12.4 Å². The molecule has 0 spiro atoms. The van der Waals surface area contributed by atoms with Gasteiger partial charge in [-0.2, -0.15) is 0 Å². The summed E-state index contributed by atoms with van der Waals surface area (Å²) >= 11 is 0. The highest BCUT2D eigenvalue weighted by molar-refractivity contribution is 5.33. The van der Waals surface area contributed by atoms with Gasteiger partial charge in [-0.05, 0) is 6.42 Å². The van der Waals surface area contributed by atoms with E-state index < -0.39 is 0 Å². The molecule has 2 rings (SSSR count). The van der Waals surface area contributed by atoms with Gasteiger partial charge in [0.15, 0.2) is 5.75 Å². The lowest BCUT2D eigenvalue weighted by molar-refractivity contribution is 0.198. The van der Waals surface area contributed by atoms with Gasteiger partial charge in [0, 0.05) is 25.2 Å². The van der Waals surface area contributed by atoms with Gasteiger partial charge in [0.2, 0.25) is 5.95 Å². The minimum Gasteiger partial charge on any atom is -0.486 e. The van der Waals surface area contributed by atoms with Crippen molar-refractivity contribution in [1.82, 2.24) is 9.97 Å². The Kier molecular flexibility index (Phi) is 4.64. The molecule has 104 valence electrons. The topological polar surface area (TPSA) is 84.5 Å². The third-order valence-electron chi connectivity index (χ3n) is 2.90. The monoisotopic (exact) mass is 268 g/mol. The van der Waals surface area contributed by atoms with Gasteiger partial charge in [-0.15, -0.1) is 0 Å². The van der Waals surface area contributed by atoms with Gasteiger partial charge in [0.25, 0.3) is 0 Å². The molecule has 1 aliphatic heterocycles. The van der Waals surface area contributed by atoms with Crippen molar-refractivity contribution in [3.05, 3.63) is 24.3 Å². The van der Waals surface area contributed by atoms with Crippen LogP contribution in [0, 0.1) is 0 Å². The minimum atomic E-state index is -0.318. The molecule has 1 aromatic heterocycles. The zero-order valence-corrected chi connectivity index (χ0v) is 10.5. The lowest BCUT2D eigenvalue weighted by atomic mass is 10.3. The molecule has 1 aromatic rings. The Morgan fingerprint density at radius 1 is 1.58 bits per heavy atom. The minimum absolute atomic E-state index is 0.0815. The van der Waals surface area contributed by atoms with E-state index in [2.05, 4.69) is 9.97 Å². The van der Waals surface area contributed by atoms with E-state index >= 15 is 0 Å². The molecule has 0 radical (unpaired) electrons. The Hall–Kier alpha value is -1.73. The van der Waals surface area contributed by atoms with E-state index in [-0.39, 0.29) is 19.3 Å². The first kappa shape index (κ1) is 13.7. The van der Waals surface area contributed by atoms with Crippen molar-refractivity contribution in [3.8, 4) is 5.75 Å². The number of aliphatic hydroxyl groups is 1. The van der Waals surface area contributed by atoms with Gasteiger partial charge >= 0.3 is 0 Å². The zero-order valence-electron chi connectivity index (χ0n) is 10.5. The maximum absolute atomic E-state index is 12.3. The third kappa shape index (κ3) is 3.62. The smallest absolute Gasteiger partial charge is 0.225 e. The summed E-state index contributed by atoms with van der Waals surface area (Å²) in [6.07, 6.45) is 3.91. The summed E-state index contributed by atoms with van der Waals surface area (Å²) in [4.78, 5) is 10.2. The summed E-state index contributed by atoms with van der Waals surface area (Å²) in [6.45, 7) is 1.48. The zero-order chi connectivity index (χ0) is 13.7. The van der Waals surface area contributed by atoms with Crippen molar-refractivity contribution in [2.24, 2.45) is 5.73 Å². The van der Waals surface area contributed by atoms with Crippen molar-refractivity contribution >= 4 is 5.95 Å². The molecule has 1 atom stereocenters. The van der Waals surface area contributed by atoms with Crippen LogP contribution in [0.4, 0.5) is 10.3 Å². The molecule has 0 aliphatic carbocycles. The SMILES string of the molecule is NC/C(=C/F)COc1cnc(N2CC[C@H](O)C2)nc1. The maximum atomic E-state index is 12.3. The maximum Gasteiger partial charge on any atom is 0.225 e. The molecule has 3 N–H and O–H groups in total. The lowest BCUT2D eigenvalue weighted by Gasteiger charge is -2.15. The molecule has 0 aromatic carbocycles. The van der Waals surface area contributed by atoms with Crippen molar-refractivity contribution < 1.29 is 14.2 Å². The van der Waals surface area contributed by atoms with E-state index in [0.717, 1.165) is 13.0 Å². The third-order valence-corrected chi connectivity index (χ3v) is 2.90. The number of nitrogens with zero attached hydrogens (tertiary/aromatic N) is 3. The number of aliphatic hydroxyl groups excluding tert-OH is 1. The first-order valence-electron chi connectivity index (χ1n) is 6.09. The average molecular weight is 268 g/mol. The van der Waals surface area contributed by atoms with Crippen LogP contribution in [0.1, 0.15) is 6.42 Å². The number of hydrogen-bond acceptors (Lipinski definition) is 6. The summed E-state index contributed by atoms with van der Waals surface area (Å²) in [6, 6.07) is 0. The van der Waals surface area contributed by atoms with Gasteiger partial charge in [-0.25, -0.2) is 14.4 Å². The van der Waals surface area contributed by atoms with Crippen LogP contribution in [0.15, 0.2) is 24.3 Å². The van der Waals surface area contributed by atoms with Crippen LogP contribution >= 0.6 is 0 Å². The number of ether oxygens (including phenoxy) is 1. The second-order valence-corrected chi connectivity index (χ2v) is 4.37. The summed E-state index contributed by atoms with van der Waals surface area (Å²) in [5.41, 5.74) is 5.68. The number of rotatable bonds is 5. The Morgan fingerprint density at radius 3 is 2.84 bits per heavy atom. The number of hydrogen-bond donors (Lipinski definition) is 2. The highest BCUT2D eigenvalue weighted by Crippen LogP contribution is 2.17. The van der Waals surface area contributed by atoms with Gasteiger partial charge in [0.1, 0.15) is 6.61 Å². The van der Waals surface area contributed by atoms with Gasteiger partial charge < -0.3 is 20.5 Å². The van der Waals surface area contributed by atoms with Crippen LogP contribution in [-0.4, -0.2) is 47.4 Å². The second-order valence-electron chi connectivity index (χ2n) is 4.37. The highest BCUT2D eigenvalue weighted by Gasteiger charge is 2.22. The predicted octanol–water partition coefficient (Wildman–Crippen LogP) is 0.238. The second kappa shape index (κ2) is 6.44. The van der Waals surface area contributed by atoms with E-state index in [1.54, 1.807) is 0 Å². The standard InChI is InChI=1S/C12H17FN4O2/c13-3-9(4-14)8-19-11-5-15-12(16-6-11)17-2-1-10(18)7-17/h3,5-6,10,18H,1-2,4,7-8,14H2/b9-3-/t10-/m0/s1. The first-order valence-corrected chi connectivity index (χ1v) is 6.09. The summed E-state index contributed by atoms with van der Waals surface area (Å²) < 4.78 is 17.6. The molecule has 19 heavy (non-hydrogen) atoms. The largest absolute Gasteiger partial charge is 0.486 e. The fraction of sp³-hybridized carbons (Fsp3) is 0.500. The predicted molar refractivity (Wildman–Crippen MR) is 68.6 cm³/mol. The van der Waals surface area contributed by atoms with Gasteiger partial charge in [-0.3, -0.25) is 0 Å². The van der Waals surface area contributed by atoms with E-state index in [1.807, 2.05) is 4.90 Å². The normalized spacial score (nSPS) is 19.8. The van der Waals surface area contributed by atoms with Crippen LogP contribution in [-0.2, 0) is 0 Å². The highest BCUT2D eigenvalue weighted by atomic mass is 19.1.